The SMILES string of the molecule is C=Cc1c(C)c2cc3[nH]c(cc4nc(cc5nc(cc1[nH]2)C(C)=C5CCC(=O)[O-])C(CCC(=O)[O-])=C4C)c(C)c3C(C)OC(C)c1c(C)c2cc3nc(cc4nc(cc5[nH]c(cc1[nH]2)c(C)c5C=C)C(C)=C4CCC(=O)[O-])C(CCC(=O)[O-])=C3C.[Na+].[Na+].[Na+].[Na+]. The fraction of sp³-hybridized carbons (Fsp3) is 0.294. The van der Waals surface area contributed by atoms with E-state index >= 15 is 0 Å². The second-order valence-corrected chi connectivity index (χ2v) is 22.4. The molecule has 0 amide bonds. The zero-order chi connectivity index (χ0) is 61.0. The van der Waals surface area contributed by atoms with Gasteiger partial charge in [-0.25, -0.2) is 19.9 Å². The van der Waals surface area contributed by atoms with Crippen LogP contribution in [0.5, 0.6) is 0 Å². The zero-order valence-electron chi connectivity index (χ0n) is 53.5. The molecule has 4 aliphatic heterocycles. The van der Waals surface area contributed by atoms with Gasteiger partial charge in [0.1, 0.15) is 0 Å². The molecule has 0 radical (unpaired) electrons. The predicted octanol–water partition coefficient (Wildman–Crippen LogP) is -1.84. The van der Waals surface area contributed by atoms with Crippen LogP contribution in [0.15, 0.2) is 61.7 Å². The Balaban J connectivity index is 0.00000316. The number of allylic oxidation sites excluding steroid dienone is 8. The number of nitrogens with zero attached hydrogens (tertiary/aromatic N) is 4. The van der Waals surface area contributed by atoms with E-state index in [4.69, 9.17) is 24.7 Å². The molecule has 89 heavy (non-hydrogen) atoms. The number of ether oxygens (including phenoxy) is 1. The van der Waals surface area contributed by atoms with Crippen LogP contribution in [0.2, 0.25) is 0 Å². The summed E-state index contributed by atoms with van der Waals surface area (Å²) < 4.78 is 7.27. The number of fused-ring (bicyclic) bond motifs is 16. The molecule has 0 spiro atoms. The van der Waals surface area contributed by atoms with Crippen LogP contribution in [-0.4, -0.2) is 63.7 Å². The van der Waals surface area contributed by atoms with E-state index in [2.05, 4.69) is 45.2 Å². The van der Waals surface area contributed by atoms with Crippen molar-refractivity contribution in [2.45, 2.75) is 133 Å². The Morgan fingerprint density at radius 1 is 0.393 bits per heavy atom. The van der Waals surface area contributed by atoms with Gasteiger partial charge >= 0.3 is 118 Å². The average molecular weight is 1230 g/mol. The topological polar surface area (TPSA) is 284 Å². The number of carbonyl (C=O) groups is 4. The maximum absolute atomic E-state index is 11.9. The Morgan fingerprint density at radius 2 is 0.640 bits per heavy atom. The Bertz CT molecular complexity index is 4160. The minimum absolute atomic E-state index is 0. The Kier molecular flexibility index (Phi) is 24.4. The van der Waals surface area contributed by atoms with Crippen molar-refractivity contribution >= 4 is 125 Å². The smallest absolute Gasteiger partial charge is 0.550 e. The molecule has 4 aliphatic rings. The number of aryl methyl sites for hydroxylation is 4. The number of hydrogen-bond donors (Lipinski definition) is 4. The first-order valence-corrected chi connectivity index (χ1v) is 28.5. The Labute approximate surface area is 605 Å². The number of carbonyl (C=O) groups excluding carboxylic acids is 4. The summed E-state index contributed by atoms with van der Waals surface area (Å²) in [6.07, 6.45) is 2.19. The molecule has 10 rings (SSSR count). The molecular weight excluding hydrogens is 1160 g/mol. The monoisotopic (exact) mass is 1230 g/mol. The summed E-state index contributed by atoms with van der Waals surface area (Å²) in [6.45, 7) is 28.1. The molecule has 2 atom stereocenters. The molecule has 436 valence electrons. The van der Waals surface area contributed by atoms with E-state index in [1.165, 1.54) is 0 Å². The maximum Gasteiger partial charge on any atom is 1.00 e. The molecule has 6 aromatic rings. The fourth-order valence-electron chi connectivity index (χ4n) is 12.5. The summed E-state index contributed by atoms with van der Waals surface area (Å²) in [5.41, 5.74) is 23.8. The van der Waals surface area contributed by atoms with Crippen LogP contribution < -0.4 is 139 Å². The molecule has 0 aliphatic carbocycles. The summed E-state index contributed by atoms with van der Waals surface area (Å²) in [4.78, 5) is 82.5. The van der Waals surface area contributed by atoms with Crippen molar-refractivity contribution in [2.75, 3.05) is 0 Å². The molecule has 2 unspecified atom stereocenters. The van der Waals surface area contributed by atoms with Gasteiger partial charge in [0.15, 0.2) is 0 Å². The molecule has 0 aromatic carbocycles. The van der Waals surface area contributed by atoms with Gasteiger partial charge in [0.25, 0.3) is 0 Å². The quantitative estimate of drug-likeness (QED) is 0.0690. The molecule has 4 N–H and O–H groups in total. The molecule has 0 fully saturated rings. The average Bonchev–Trinajstić information content (AvgIpc) is 1.67. The standard InChI is InChI=1S/C68H70N8O9.4Na/c1-13-41-31(3)51-27-61-67(37(9)53(75-61)23-47-33(5)43(15-19-63(77)78)57(71-47)29-59-45(17-21-65(81)82)35(7)49(73-59)25-55(41)69-51)39(11)85-40(12)68-38(10)54-24-48-34(6)44(16-20-64(79)80)58(72-48)30-60-46(18-22-66(83)84)36(8)50(74-60)26-56-42(14-2)32(4)52(70-56)28-62(68)76-54;;;;/h13-14,23-30,39-40,69-70,75-76H,1-2,15-22H2,3-12H3,(H,77,78)(H,79,80)(H,81,82)(H,83,84);;;;/q;4*+1/p-4. The van der Waals surface area contributed by atoms with Gasteiger partial charge in [-0.15, -0.1) is 0 Å². The van der Waals surface area contributed by atoms with Crippen LogP contribution in [0.4, 0.5) is 0 Å². The molecule has 16 bridgehead atoms. The maximum atomic E-state index is 11.9. The van der Waals surface area contributed by atoms with E-state index in [1.54, 1.807) is 12.2 Å². The third-order valence-corrected chi connectivity index (χ3v) is 17.2. The van der Waals surface area contributed by atoms with Gasteiger partial charge in [-0.2, -0.15) is 0 Å². The van der Waals surface area contributed by atoms with Crippen LogP contribution in [-0.2, 0) is 23.9 Å². The van der Waals surface area contributed by atoms with Crippen LogP contribution in [0, 0.1) is 27.7 Å². The number of nitrogens with one attached hydrogen (secondary N) is 4. The Hall–Kier alpha value is -5.48. The zero-order valence-corrected chi connectivity index (χ0v) is 61.5. The molecule has 6 aromatic heterocycles. The summed E-state index contributed by atoms with van der Waals surface area (Å²) >= 11 is 0. The minimum atomic E-state index is -1.20. The van der Waals surface area contributed by atoms with Gasteiger partial charge < -0.3 is 64.3 Å². The van der Waals surface area contributed by atoms with Gasteiger partial charge in [-0.05, 0) is 236 Å². The normalized spacial score (nSPS) is 13.5. The van der Waals surface area contributed by atoms with E-state index < -0.39 is 36.1 Å². The van der Waals surface area contributed by atoms with Gasteiger partial charge in [-0.1, -0.05) is 25.3 Å². The molecule has 10 heterocycles. The van der Waals surface area contributed by atoms with Crippen molar-refractivity contribution < 1.29 is 163 Å². The number of rotatable bonds is 18. The van der Waals surface area contributed by atoms with Gasteiger partial charge in [0, 0.05) is 90.3 Å². The molecule has 17 nitrogen and oxygen atoms in total. The van der Waals surface area contributed by atoms with E-state index in [0.717, 1.165) is 122 Å². The van der Waals surface area contributed by atoms with Crippen LogP contribution >= 0.6 is 0 Å². The first-order chi connectivity index (χ1) is 40.4. The number of aromatic amines is 4. The second kappa shape index (κ2) is 29.9. The van der Waals surface area contributed by atoms with Gasteiger partial charge in [0.2, 0.25) is 0 Å². The third-order valence-electron chi connectivity index (χ3n) is 17.2. The summed E-state index contributed by atoms with van der Waals surface area (Å²) in [7, 11) is 0. The first kappa shape index (κ1) is 72.6. The van der Waals surface area contributed by atoms with Crippen LogP contribution in [0.25, 0.3) is 101 Å². The van der Waals surface area contributed by atoms with E-state index in [0.29, 0.717) is 56.7 Å². The van der Waals surface area contributed by atoms with Crippen molar-refractivity contribution in [3.63, 3.8) is 0 Å². The number of carboxylic acid groups (broad SMARTS) is 4. The van der Waals surface area contributed by atoms with E-state index in [9.17, 15) is 39.6 Å². The molecular formula is C68H66N8Na4O9. The van der Waals surface area contributed by atoms with Gasteiger partial charge in [0.05, 0.1) is 57.8 Å². The number of aromatic nitrogens is 8. The third kappa shape index (κ3) is 14.7. The number of carboxylic acids is 4. The molecule has 21 heteroatoms. The fourth-order valence-corrected chi connectivity index (χ4v) is 12.5. The van der Waals surface area contributed by atoms with Gasteiger partial charge in [-0.3, -0.25) is 0 Å². The number of H-pyrrole nitrogens is 4. The minimum Gasteiger partial charge on any atom is -0.550 e. The van der Waals surface area contributed by atoms with Crippen LogP contribution in [0.1, 0.15) is 195 Å². The van der Waals surface area contributed by atoms with Crippen molar-refractivity contribution in [1.29, 1.82) is 0 Å². The number of aliphatic carboxylic acids is 4. The van der Waals surface area contributed by atoms with Crippen molar-refractivity contribution in [3.8, 4) is 0 Å². The van der Waals surface area contributed by atoms with Crippen molar-refractivity contribution in [2.24, 2.45) is 0 Å². The molecule has 0 saturated carbocycles. The first-order valence-electron chi connectivity index (χ1n) is 28.5. The number of hydrogen-bond acceptors (Lipinski definition) is 13. The second-order valence-electron chi connectivity index (χ2n) is 22.4. The Morgan fingerprint density at radius 3 is 0.899 bits per heavy atom. The van der Waals surface area contributed by atoms with Crippen molar-refractivity contribution in [3.05, 3.63) is 152 Å². The van der Waals surface area contributed by atoms with E-state index in [1.807, 2.05) is 106 Å². The van der Waals surface area contributed by atoms with Crippen LogP contribution in [0.3, 0.4) is 0 Å². The summed E-state index contributed by atoms with van der Waals surface area (Å²) in [5, 5.41) is 47.5. The molecule has 0 saturated heterocycles. The van der Waals surface area contributed by atoms with Crippen molar-refractivity contribution in [1.82, 2.24) is 39.9 Å². The summed E-state index contributed by atoms with van der Waals surface area (Å²) in [5.74, 6) is -4.78. The largest absolute Gasteiger partial charge is 1.00 e. The predicted molar refractivity (Wildman–Crippen MR) is 326 cm³/mol. The summed E-state index contributed by atoms with van der Waals surface area (Å²) in [6, 6.07) is 15.5. The van der Waals surface area contributed by atoms with E-state index in [-0.39, 0.29) is 170 Å².